The highest BCUT2D eigenvalue weighted by Gasteiger charge is 2.28. The molecule has 0 aromatic carbocycles. The van der Waals surface area contributed by atoms with Crippen molar-refractivity contribution in [3.8, 4) is 0 Å². The van der Waals surface area contributed by atoms with Gasteiger partial charge in [-0.15, -0.1) is 0 Å². The number of hydrogen-bond acceptors (Lipinski definition) is 4. The molecule has 110 valence electrons. The monoisotopic (exact) mass is 275 g/mol. The average Bonchev–Trinajstić information content (AvgIpc) is 2.20. The van der Waals surface area contributed by atoms with Gasteiger partial charge in [0, 0.05) is 6.54 Å². The number of amides is 3. The summed E-state index contributed by atoms with van der Waals surface area (Å²) in [4.78, 5) is 33.1. The van der Waals surface area contributed by atoms with Crippen LogP contribution in [-0.4, -0.2) is 46.3 Å². The lowest BCUT2D eigenvalue weighted by Gasteiger charge is -2.25. The highest BCUT2D eigenvalue weighted by Crippen LogP contribution is 2.08. The molecule has 0 radical (unpaired) electrons. The number of carboxylic acids is 1. The fourth-order valence-corrected chi connectivity index (χ4v) is 1.46. The highest BCUT2D eigenvalue weighted by atomic mass is 16.4. The molecule has 0 aliphatic rings. The van der Waals surface area contributed by atoms with Crippen LogP contribution >= 0.6 is 0 Å². The smallest absolute Gasteiger partial charge is 0.312 e. The van der Waals surface area contributed by atoms with Gasteiger partial charge < -0.3 is 26.6 Å². The fraction of sp³-hybridized carbons (Fsp3) is 0.727. The molecule has 0 aliphatic heterocycles. The molecule has 0 bridgehead atoms. The third kappa shape index (κ3) is 7.24. The van der Waals surface area contributed by atoms with E-state index in [9.17, 15) is 19.5 Å². The van der Waals surface area contributed by atoms with Gasteiger partial charge in [-0.3, -0.25) is 9.59 Å². The number of hydrogen-bond donors (Lipinski definition) is 5. The number of aliphatic hydroxyl groups is 1. The molecule has 0 saturated carbocycles. The number of carbonyl (C=O) groups is 3. The van der Waals surface area contributed by atoms with Crippen molar-refractivity contribution in [2.24, 2.45) is 11.7 Å². The zero-order chi connectivity index (χ0) is 15.2. The molecular weight excluding hydrogens is 254 g/mol. The Morgan fingerprint density at radius 1 is 1.32 bits per heavy atom. The molecule has 8 heteroatoms. The van der Waals surface area contributed by atoms with Gasteiger partial charge in [-0.2, -0.15) is 0 Å². The van der Waals surface area contributed by atoms with Gasteiger partial charge in [-0.1, -0.05) is 13.8 Å². The first-order chi connectivity index (χ1) is 8.55. The molecule has 0 saturated heterocycles. The second kappa shape index (κ2) is 6.93. The summed E-state index contributed by atoms with van der Waals surface area (Å²) in [5.41, 5.74) is 3.40. The quantitative estimate of drug-likeness (QED) is 0.406. The largest absolute Gasteiger partial charge is 0.481 e. The van der Waals surface area contributed by atoms with Crippen LogP contribution in [0.2, 0.25) is 0 Å². The minimum absolute atomic E-state index is 0.197. The maximum absolute atomic E-state index is 11.8. The molecule has 6 N–H and O–H groups in total. The Morgan fingerprint density at radius 3 is 2.21 bits per heavy atom. The first-order valence-electron chi connectivity index (χ1n) is 5.83. The van der Waals surface area contributed by atoms with Gasteiger partial charge in [0.15, 0.2) is 0 Å². The summed E-state index contributed by atoms with van der Waals surface area (Å²) < 4.78 is 0. The minimum atomic E-state index is -1.56. The average molecular weight is 275 g/mol. The molecule has 0 aromatic heterocycles. The predicted molar refractivity (Wildman–Crippen MR) is 67.2 cm³/mol. The van der Waals surface area contributed by atoms with Gasteiger partial charge in [0.1, 0.15) is 6.04 Å². The lowest BCUT2D eigenvalue weighted by Crippen LogP contribution is -2.53. The van der Waals surface area contributed by atoms with Gasteiger partial charge in [0.2, 0.25) is 5.91 Å². The van der Waals surface area contributed by atoms with Crippen molar-refractivity contribution in [2.75, 3.05) is 6.54 Å². The van der Waals surface area contributed by atoms with Gasteiger partial charge >= 0.3 is 12.0 Å². The van der Waals surface area contributed by atoms with Crippen LogP contribution < -0.4 is 16.4 Å². The Balaban J connectivity index is 4.49. The van der Waals surface area contributed by atoms with Crippen LogP contribution in [0.15, 0.2) is 0 Å². The van der Waals surface area contributed by atoms with Gasteiger partial charge in [-0.05, 0) is 12.8 Å². The lowest BCUT2D eigenvalue weighted by molar-refractivity contribution is -0.142. The van der Waals surface area contributed by atoms with Crippen molar-refractivity contribution in [2.45, 2.75) is 38.8 Å². The number of carboxylic acid groups (broad SMARTS) is 1. The van der Waals surface area contributed by atoms with Gasteiger partial charge in [0.25, 0.3) is 0 Å². The molecule has 0 rings (SSSR count). The first-order valence-corrected chi connectivity index (χ1v) is 5.83. The molecule has 3 amide bonds. The van der Waals surface area contributed by atoms with Crippen LogP contribution in [0.1, 0.15) is 27.2 Å². The maximum atomic E-state index is 11.8. The second-order valence-electron chi connectivity index (χ2n) is 5.02. The number of nitrogens with two attached hydrogens (primary N) is 1. The summed E-state index contributed by atoms with van der Waals surface area (Å²) in [6.07, 6.45) is -0.497. The molecule has 0 spiro atoms. The van der Waals surface area contributed by atoms with E-state index in [2.05, 4.69) is 10.6 Å². The van der Waals surface area contributed by atoms with E-state index >= 15 is 0 Å². The molecule has 0 aliphatic carbocycles. The van der Waals surface area contributed by atoms with Crippen molar-refractivity contribution in [1.29, 1.82) is 0 Å². The maximum Gasteiger partial charge on any atom is 0.312 e. The number of carbonyl (C=O) groups excluding carboxylic acids is 2. The topological polar surface area (TPSA) is 142 Å². The summed E-state index contributed by atoms with van der Waals surface area (Å²) in [7, 11) is 0. The number of urea groups is 1. The molecule has 0 fully saturated rings. The zero-order valence-corrected chi connectivity index (χ0v) is 11.3. The zero-order valence-electron chi connectivity index (χ0n) is 11.3. The minimum Gasteiger partial charge on any atom is -0.481 e. The Bertz CT molecular complexity index is 354. The van der Waals surface area contributed by atoms with E-state index in [0.717, 1.165) is 0 Å². The third-order valence-electron chi connectivity index (χ3n) is 2.42. The van der Waals surface area contributed by atoms with Crippen molar-refractivity contribution < 1.29 is 24.6 Å². The molecule has 0 heterocycles. The molecule has 2 unspecified atom stereocenters. The van der Waals surface area contributed by atoms with Crippen LogP contribution in [0, 0.1) is 5.92 Å². The molecule has 19 heavy (non-hydrogen) atoms. The SMILES string of the molecule is CC(C)C(NC(N)=O)C(=O)NCC(C)(O)CC(=O)O. The van der Waals surface area contributed by atoms with Crippen LogP contribution in [0.4, 0.5) is 4.79 Å². The summed E-state index contributed by atoms with van der Waals surface area (Å²) in [6.45, 7) is 4.50. The summed E-state index contributed by atoms with van der Waals surface area (Å²) in [5.74, 6) is -1.90. The van der Waals surface area contributed by atoms with Crippen molar-refractivity contribution in [1.82, 2.24) is 10.6 Å². The van der Waals surface area contributed by atoms with E-state index in [1.807, 2.05) is 0 Å². The van der Waals surface area contributed by atoms with Gasteiger partial charge in [0.05, 0.1) is 12.0 Å². The van der Waals surface area contributed by atoms with Crippen molar-refractivity contribution >= 4 is 17.9 Å². The van der Waals surface area contributed by atoms with Crippen molar-refractivity contribution in [3.63, 3.8) is 0 Å². The standard InChI is InChI=1S/C11H21N3O5/c1-6(2)8(14-10(12)18)9(17)13-5-11(3,19)4-7(15)16/h6,8,19H,4-5H2,1-3H3,(H,13,17)(H,15,16)(H3,12,14,18). The number of rotatable bonds is 7. The number of aliphatic carboxylic acids is 1. The Kier molecular flexibility index (Phi) is 6.26. The van der Waals surface area contributed by atoms with E-state index in [1.165, 1.54) is 6.92 Å². The second-order valence-corrected chi connectivity index (χ2v) is 5.02. The highest BCUT2D eigenvalue weighted by molar-refractivity contribution is 5.86. The normalized spacial score (nSPS) is 15.4. The fourth-order valence-electron chi connectivity index (χ4n) is 1.46. The Hall–Kier alpha value is -1.83. The number of nitrogens with one attached hydrogen (secondary N) is 2. The summed E-state index contributed by atoms with van der Waals surface area (Å²) in [6, 6.07) is -1.66. The molecule has 2 atom stereocenters. The van der Waals surface area contributed by atoms with E-state index in [4.69, 9.17) is 10.8 Å². The lowest BCUT2D eigenvalue weighted by atomic mass is 10.0. The number of primary amides is 1. The van der Waals surface area contributed by atoms with Gasteiger partial charge in [-0.25, -0.2) is 4.79 Å². The Morgan fingerprint density at radius 2 is 1.84 bits per heavy atom. The summed E-state index contributed by atoms with van der Waals surface area (Å²) >= 11 is 0. The molecule has 0 aromatic rings. The van der Waals surface area contributed by atoms with Crippen LogP contribution in [0.25, 0.3) is 0 Å². The summed E-state index contributed by atoms with van der Waals surface area (Å²) in [5, 5.41) is 23.0. The van der Waals surface area contributed by atoms with Crippen molar-refractivity contribution in [3.05, 3.63) is 0 Å². The van der Waals surface area contributed by atoms with E-state index in [0.29, 0.717) is 0 Å². The van der Waals surface area contributed by atoms with Crippen LogP contribution in [0.3, 0.4) is 0 Å². The first kappa shape index (κ1) is 17.2. The third-order valence-corrected chi connectivity index (χ3v) is 2.42. The van der Waals surface area contributed by atoms with Crippen LogP contribution in [0.5, 0.6) is 0 Å². The van der Waals surface area contributed by atoms with E-state index in [-0.39, 0.29) is 12.5 Å². The molecule has 8 nitrogen and oxygen atoms in total. The molecular formula is C11H21N3O5. The van der Waals surface area contributed by atoms with Crippen LogP contribution in [-0.2, 0) is 9.59 Å². The van der Waals surface area contributed by atoms with E-state index < -0.39 is 36.0 Å². The Labute approximate surface area is 111 Å². The van der Waals surface area contributed by atoms with E-state index in [1.54, 1.807) is 13.8 Å². The predicted octanol–water partition coefficient (Wildman–Crippen LogP) is -0.979.